The Bertz CT molecular complexity index is 386. The van der Waals surface area contributed by atoms with E-state index in [1.807, 2.05) is 30.3 Å². The molecule has 0 spiro atoms. The average Bonchev–Trinajstić information content (AvgIpc) is 2.62. The van der Waals surface area contributed by atoms with Crippen molar-refractivity contribution >= 4 is 0 Å². The molecule has 0 N–H and O–H groups in total. The molecule has 2 rings (SSSR count). The van der Waals surface area contributed by atoms with Gasteiger partial charge in [-0.3, -0.25) is 10.1 Å². The van der Waals surface area contributed by atoms with E-state index in [9.17, 15) is 10.1 Å². The fourth-order valence-electron chi connectivity index (χ4n) is 2.23. The summed E-state index contributed by atoms with van der Waals surface area (Å²) >= 11 is 0. The summed E-state index contributed by atoms with van der Waals surface area (Å²) in [5.74, 6) is 0.00806. The summed E-state index contributed by atoms with van der Waals surface area (Å²) in [4.78, 5) is 10.7. The Kier molecular flexibility index (Phi) is 2.54. The molecule has 1 aliphatic carbocycles. The molecule has 15 heavy (non-hydrogen) atoms. The molecule has 78 valence electrons. The SMILES string of the molecule is C=C1CC(c2ccccc2)C([N+](=O)[O-])C1. The Morgan fingerprint density at radius 2 is 1.93 bits per heavy atom. The van der Waals surface area contributed by atoms with Gasteiger partial charge >= 0.3 is 0 Å². The topological polar surface area (TPSA) is 43.1 Å². The first-order valence-electron chi connectivity index (χ1n) is 5.03. The van der Waals surface area contributed by atoms with E-state index >= 15 is 0 Å². The second kappa shape index (κ2) is 3.85. The molecule has 0 radical (unpaired) electrons. The maximum Gasteiger partial charge on any atom is 0.223 e. The molecular formula is C12H13NO2. The van der Waals surface area contributed by atoms with Crippen molar-refractivity contribution in [1.29, 1.82) is 0 Å². The van der Waals surface area contributed by atoms with Gasteiger partial charge in [0.25, 0.3) is 0 Å². The van der Waals surface area contributed by atoms with Crippen LogP contribution >= 0.6 is 0 Å². The summed E-state index contributed by atoms with van der Waals surface area (Å²) in [5.41, 5.74) is 2.04. The van der Waals surface area contributed by atoms with E-state index in [4.69, 9.17) is 0 Å². The van der Waals surface area contributed by atoms with Gasteiger partial charge in [0.1, 0.15) is 0 Å². The van der Waals surface area contributed by atoms with Crippen LogP contribution in [-0.2, 0) is 0 Å². The van der Waals surface area contributed by atoms with E-state index in [2.05, 4.69) is 6.58 Å². The van der Waals surface area contributed by atoms with Crippen LogP contribution in [0.1, 0.15) is 24.3 Å². The lowest BCUT2D eigenvalue weighted by atomic mass is 9.94. The quantitative estimate of drug-likeness (QED) is 0.421. The zero-order valence-electron chi connectivity index (χ0n) is 8.43. The molecule has 0 bridgehead atoms. The van der Waals surface area contributed by atoms with E-state index in [1.54, 1.807) is 0 Å². The summed E-state index contributed by atoms with van der Waals surface area (Å²) < 4.78 is 0. The first-order valence-corrected chi connectivity index (χ1v) is 5.03. The number of rotatable bonds is 2. The number of nitrogens with zero attached hydrogens (tertiary/aromatic N) is 1. The molecule has 1 fully saturated rings. The fourth-order valence-corrected chi connectivity index (χ4v) is 2.23. The second-order valence-electron chi connectivity index (χ2n) is 4.03. The standard InChI is InChI=1S/C12H13NO2/c1-9-7-11(12(8-9)13(14)15)10-5-3-2-4-6-10/h2-6,11-12H,1,7-8H2. The molecule has 0 amide bonds. The molecule has 0 aliphatic heterocycles. The highest BCUT2D eigenvalue weighted by Crippen LogP contribution is 2.38. The highest BCUT2D eigenvalue weighted by molar-refractivity contribution is 5.26. The molecular weight excluding hydrogens is 190 g/mol. The van der Waals surface area contributed by atoms with Crippen molar-refractivity contribution in [3.63, 3.8) is 0 Å². The van der Waals surface area contributed by atoms with Crippen LogP contribution in [0.4, 0.5) is 0 Å². The first-order chi connectivity index (χ1) is 7.18. The summed E-state index contributed by atoms with van der Waals surface area (Å²) in [6, 6.07) is 9.20. The molecule has 0 heterocycles. The maximum atomic E-state index is 10.9. The molecule has 2 unspecified atom stereocenters. The minimum Gasteiger partial charge on any atom is -0.264 e. The van der Waals surface area contributed by atoms with Crippen LogP contribution in [0.2, 0.25) is 0 Å². The van der Waals surface area contributed by atoms with Gasteiger partial charge in [-0.1, -0.05) is 42.5 Å². The van der Waals surface area contributed by atoms with Crippen LogP contribution in [0.25, 0.3) is 0 Å². The summed E-state index contributed by atoms with van der Waals surface area (Å²) in [6.07, 6.45) is 1.27. The van der Waals surface area contributed by atoms with Crippen molar-refractivity contribution in [3.8, 4) is 0 Å². The van der Waals surface area contributed by atoms with Gasteiger partial charge in [-0.05, 0) is 12.0 Å². The molecule has 0 saturated heterocycles. The zero-order chi connectivity index (χ0) is 10.8. The lowest BCUT2D eigenvalue weighted by molar-refractivity contribution is -0.523. The van der Waals surface area contributed by atoms with Gasteiger partial charge in [0, 0.05) is 11.3 Å². The van der Waals surface area contributed by atoms with Crippen LogP contribution in [0, 0.1) is 10.1 Å². The van der Waals surface area contributed by atoms with Gasteiger partial charge < -0.3 is 0 Å². The second-order valence-corrected chi connectivity index (χ2v) is 4.03. The average molecular weight is 203 g/mol. The zero-order valence-corrected chi connectivity index (χ0v) is 8.43. The van der Waals surface area contributed by atoms with Crippen LogP contribution in [0.5, 0.6) is 0 Å². The largest absolute Gasteiger partial charge is 0.264 e. The van der Waals surface area contributed by atoms with Gasteiger partial charge in [-0.25, -0.2) is 0 Å². The van der Waals surface area contributed by atoms with Gasteiger partial charge in [0.15, 0.2) is 0 Å². The van der Waals surface area contributed by atoms with Crippen LogP contribution < -0.4 is 0 Å². The molecule has 1 aromatic carbocycles. The number of hydrogen-bond acceptors (Lipinski definition) is 2. The summed E-state index contributed by atoms with van der Waals surface area (Å²) in [6.45, 7) is 3.86. The summed E-state index contributed by atoms with van der Waals surface area (Å²) in [5, 5.41) is 10.9. The van der Waals surface area contributed by atoms with Gasteiger partial charge in [0.2, 0.25) is 6.04 Å². The molecule has 3 nitrogen and oxygen atoms in total. The van der Waals surface area contributed by atoms with Crippen molar-refractivity contribution in [1.82, 2.24) is 0 Å². The first kappa shape index (κ1) is 9.90. The third-order valence-electron chi connectivity index (χ3n) is 2.97. The fraction of sp³-hybridized carbons (Fsp3) is 0.333. The van der Waals surface area contributed by atoms with E-state index in [0.717, 1.165) is 17.6 Å². The highest BCUT2D eigenvalue weighted by atomic mass is 16.6. The normalized spacial score (nSPS) is 25.5. The van der Waals surface area contributed by atoms with Crippen LogP contribution in [-0.4, -0.2) is 11.0 Å². The minimum atomic E-state index is -0.486. The lowest BCUT2D eigenvalue weighted by Gasteiger charge is -2.12. The Morgan fingerprint density at radius 1 is 1.27 bits per heavy atom. The molecule has 1 saturated carbocycles. The minimum absolute atomic E-state index is 0.00806. The van der Waals surface area contributed by atoms with Gasteiger partial charge in [-0.2, -0.15) is 0 Å². The number of benzene rings is 1. The highest BCUT2D eigenvalue weighted by Gasteiger charge is 2.39. The predicted octanol–water partition coefficient (Wildman–Crippen LogP) is 2.77. The molecule has 1 aliphatic rings. The van der Waals surface area contributed by atoms with Crippen molar-refractivity contribution in [2.45, 2.75) is 24.8 Å². The smallest absolute Gasteiger partial charge is 0.223 e. The predicted molar refractivity (Wildman–Crippen MR) is 58.3 cm³/mol. The third kappa shape index (κ3) is 1.91. The molecule has 2 atom stereocenters. The van der Waals surface area contributed by atoms with Crippen molar-refractivity contribution in [2.75, 3.05) is 0 Å². The van der Waals surface area contributed by atoms with E-state index < -0.39 is 6.04 Å². The summed E-state index contributed by atoms with van der Waals surface area (Å²) in [7, 11) is 0. The van der Waals surface area contributed by atoms with Gasteiger partial charge in [0.05, 0.1) is 5.92 Å². The Hall–Kier alpha value is -1.64. The van der Waals surface area contributed by atoms with Crippen LogP contribution in [0.3, 0.4) is 0 Å². The molecule has 0 aromatic heterocycles. The van der Waals surface area contributed by atoms with Crippen molar-refractivity contribution < 1.29 is 4.92 Å². The van der Waals surface area contributed by atoms with Crippen LogP contribution in [0.15, 0.2) is 42.5 Å². The maximum absolute atomic E-state index is 10.9. The van der Waals surface area contributed by atoms with Gasteiger partial charge in [-0.15, -0.1) is 0 Å². The Balaban J connectivity index is 2.28. The monoisotopic (exact) mass is 203 g/mol. The van der Waals surface area contributed by atoms with Crippen molar-refractivity contribution in [2.24, 2.45) is 0 Å². The number of nitro groups is 1. The molecule has 1 aromatic rings. The number of hydrogen-bond donors (Lipinski definition) is 0. The Morgan fingerprint density at radius 3 is 2.53 bits per heavy atom. The van der Waals surface area contributed by atoms with E-state index in [1.165, 1.54) is 0 Å². The van der Waals surface area contributed by atoms with E-state index in [-0.39, 0.29) is 10.8 Å². The van der Waals surface area contributed by atoms with E-state index in [0.29, 0.717) is 6.42 Å². The van der Waals surface area contributed by atoms with Crippen molar-refractivity contribution in [3.05, 3.63) is 58.2 Å². The third-order valence-corrected chi connectivity index (χ3v) is 2.97. The molecule has 3 heteroatoms. The lowest BCUT2D eigenvalue weighted by Crippen LogP contribution is -2.22. The Labute approximate surface area is 88.6 Å².